The first-order valence-corrected chi connectivity index (χ1v) is 24.4. The molecule has 332 valence electrons. The molecule has 9 rings (SSSR count). The summed E-state index contributed by atoms with van der Waals surface area (Å²) in [5, 5.41) is 18.8. The fraction of sp³-hybridized carbons (Fsp3) is 0.863. The second-order valence-corrected chi connectivity index (χ2v) is 24.5. The van der Waals surface area contributed by atoms with Crippen LogP contribution in [0.3, 0.4) is 0 Å². The van der Waals surface area contributed by atoms with Crippen LogP contribution in [-0.2, 0) is 19.1 Å². The minimum atomic E-state index is -0.813. The fourth-order valence-corrected chi connectivity index (χ4v) is 17.8. The van der Waals surface area contributed by atoms with Gasteiger partial charge in [-0.05, 0) is 161 Å². The Morgan fingerprint density at radius 3 is 2.05 bits per heavy atom. The van der Waals surface area contributed by atoms with Crippen molar-refractivity contribution in [1.29, 1.82) is 0 Å². The molecule has 1 aromatic rings. The van der Waals surface area contributed by atoms with Gasteiger partial charge in [0.25, 0.3) is 0 Å². The van der Waals surface area contributed by atoms with E-state index in [1.165, 1.54) is 24.8 Å². The molecule has 0 spiro atoms. The number of ether oxygens (including phenoxy) is 1. The zero-order valence-electron chi connectivity index (χ0n) is 39.1. The van der Waals surface area contributed by atoms with Crippen LogP contribution in [0.1, 0.15) is 189 Å². The lowest BCUT2D eigenvalue weighted by Gasteiger charge is -2.73. The predicted octanol–water partition coefficient (Wildman–Crippen LogP) is 10.7. The number of rotatable bonds is 7. The minimum absolute atomic E-state index is 0.130. The van der Waals surface area contributed by atoms with Gasteiger partial charge in [-0.15, -0.1) is 10.2 Å². The summed E-state index contributed by atoms with van der Waals surface area (Å²) in [5.41, 5.74) is 0.633. The zero-order valence-corrected chi connectivity index (χ0v) is 39.1. The van der Waals surface area contributed by atoms with Gasteiger partial charge >= 0.3 is 11.9 Å². The third-order valence-electron chi connectivity index (χ3n) is 21.3. The van der Waals surface area contributed by atoms with Crippen LogP contribution >= 0.6 is 0 Å². The van der Waals surface area contributed by atoms with Crippen molar-refractivity contribution in [2.45, 2.75) is 203 Å². The second-order valence-electron chi connectivity index (χ2n) is 24.5. The summed E-state index contributed by atoms with van der Waals surface area (Å²) < 4.78 is 8.90. The number of hydrogen-bond acceptors (Lipinski definition) is 6. The lowest BCUT2D eigenvalue weighted by molar-refractivity contribution is -0.251. The van der Waals surface area contributed by atoms with Crippen LogP contribution in [-0.4, -0.2) is 60.8 Å². The van der Waals surface area contributed by atoms with E-state index >= 15 is 4.79 Å². The van der Waals surface area contributed by atoms with Gasteiger partial charge < -0.3 is 19.3 Å². The van der Waals surface area contributed by atoms with Crippen LogP contribution in [0.25, 0.3) is 0 Å². The Hall–Kier alpha value is -2.71. The van der Waals surface area contributed by atoms with Gasteiger partial charge in [0.05, 0.1) is 17.3 Å². The van der Waals surface area contributed by atoms with E-state index in [0.717, 1.165) is 82.3 Å². The topological polar surface area (TPSA) is 115 Å². The number of amides is 1. The molecule has 8 aliphatic rings. The SMILES string of the molecule is C=C(C)[C@@H]1CC[C@]2(C(=O)N3C4CCC3CC(n3c(C)nnc3C(C)C)C4)CC[C@]3(C)[C@H](CC[C@@H]4[C@@]5(C)CC[C@H](OC(=O)[C@H]6C[C@@H](C(=O)O)C6(C)C)C(C)(C)[C@@H]5CC[C@]43C)[C@@H]12. The average Bonchev–Trinajstić information content (AvgIpc) is 3.83. The molecule has 3 heterocycles. The van der Waals surface area contributed by atoms with E-state index in [4.69, 9.17) is 4.74 Å². The lowest BCUT2D eigenvalue weighted by Crippen LogP contribution is -2.68. The van der Waals surface area contributed by atoms with E-state index in [2.05, 4.69) is 88.6 Å². The van der Waals surface area contributed by atoms with Crippen molar-refractivity contribution in [1.82, 2.24) is 19.7 Å². The molecule has 1 aromatic heterocycles. The predicted molar refractivity (Wildman–Crippen MR) is 233 cm³/mol. The normalized spacial score (nSPS) is 46.1. The maximum Gasteiger partial charge on any atom is 0.309 e. The highest BCUT2D eigenvalue weighted by Crippen LogP contribution is 2.78. The molecule has 8 fully saturated rings. The highest BCUT2D eigenvalue weighted by atomic mass is 16.5. The van der Waals surface area contributed by atoms with E-state index in [1.807, 2.05) is 13.8 Å². The van der Waals surface area contributed by atoms with Gasteiger partial charge in [0.2, 0.25) is 5.91 Å². The summed E-state index contributed by atoms with van der Waals surface area (Å²) >= 11 is 0. The quantitative estimate of drug-likeness (QED) is 0.215. The molecule has 6 aliphatic carbocycles. The van der Waals surface area contributed by atoms with Crippen molar-refractivity contribution in [2.24, 2.45) is 73.9 Å². The Morgan fingerprint density at radius 2 is 1.43 bits per heavy atom. The lowest BCUT2D eigenvalue weighted by atomic mass is 9.32. The number of fused-ring (bicyclic) bond motifs is 9. The maximum atomic E-state index is 15.7. The molecule has 0 aromatic carbocycles. The molecule has 6 saturated carbocycles. The monoisotopic (exact) mass is 827 g/mol. The highest BCUT2D eigenvalue weighted by Gasteiger charge is 2.73. The van der Waals surface area contributed by atoms with E-state index in [9.17, 15) is 14.7 Å². The number of hydrogen-bond donors (Lipinski definition) is 1. The number of aliphatic carboxylic acids is 1. The number of aromatic nitrogens is 3. The summed E-state index contributed by atoms with van der Waals surface area (Å²) in [4.78, 5) is 43.8. The minimum Gasteiger partial charge on any atom is -0.481 e. The molecule has 2 saturated heterocycles. The van der Waals surface area contributed by atoms with Crippen LogP contribution < -0.4 is 0 Å². The summed E-state index contributed by atoms with van der Waals surface area (Å²) in [7, 11) is 0. The van der Waals surface area contributed by atoms with Crippen LogP contribution in [0.2, 0.25) is 0 Å². The van der Waals surface area contributed by atoms with Crippen LogP contribution in [0.15, 0.2) is 12.2 Å². The molecular formula is C51H78N4O5. The number of carbonyl (C=O) groups excluding carboxylic acids is 2. The first-order valence-electron chi connectivity index (χ1n) is 24.4. The van der Waals surface area contributed by atoms with Crippen molar-refractivity contribution < 1.29 is 24.2 Å². The van der Waals surface area contributed by atoms with Gasteiger partial charge in [-0.3, -0.25) is 14.4 Å². The van der Waals surface area contributed by atoms with Crippen LogP contribution in [0.5, 0.6) is 0 Å². The van der Waals surface area contributed by atoms with Gasteiger partial charge in [0, 0.05) is 29.5 Å². The van der Waals surface area contributed by atoms with Crippen molar-refractivity contribution in [3.63, 3.8) is 0 Å². The number of carboxylic acids is 1. The molecule has 1 N–H and O–H groups in total. The Bertz CT molecular complexity index is 1940. The number of aryl methyl sites for hydroxylation is 1. The van der Waals surface area contributed by atoms with E-state index in [1.54, 1.807) is 0 Å². The number of esters is 1. The van der Waals surface area contributed by atoms with E-state index in [-0.39, 0.29) is 45.1 Å². The Labute approximate surface area is 361 Å². The number of carbonyl (C=O) groups is 3. The van der Waals surface area contributed by atoms with Gasteiger partial charge in [-0.2, -0.15) is 0 Å². The van der Waals surface area contributed by atoms with Gasteiger partial charge in [-0.1, -0.05) is 74.5 Å². The third kappa shape index (κ3) is 5.62. The smallest absolute Gasteiger partial charge is 0.309 e. The Balaban J connectivity index is 0.962. The van der Waals surface area contributed by atoms with Gasteiger partial charge in [0.1, 0.15) is 17.8 Å². The first kappa shape index (κ1) is 42.6. The number of carboxylic acid groups (broad SMARTS) is 1. The molecule has 60 heavy (non-hydrogen) atoms. The molecular weight excluding hydrogens is 749 g/mol. The molecule has 9 heteroatoms. The fourth-order valence-electron chi connectivity index (χ4n) is 17.8. The molecule has 1 amide bonds. The average molecular weight is 827 g/mol. The standard InChI is InChI=1S/C51H78N4O5/c1-28(2)34-17-22-51(45(59)55-31-13-14-32(55)26-33(25-31)54-30(5)52-53-42(54)29(3)4)24-23-49(11)35(41(34)51)15-16-39-48(10)20-19-40(47(8,9)38(48)18-21-50(39,49)12)60-44(58)37-27-36(43(56)57)46(37,6)7/h29,31-41H,1,13-27H2,2-12H3,(H,56,57)/t31?,32?,33?,34-,35+,36-,37+,38-,39+,40-,41+,48-,49+,50+,51-/m0/s1. The van der Waals surface area contributed by atoms with Gasteiger partial charge in [0.15, 0.2) is 0 Å². The molecule has 2 bridgehead atoms. The second kappa shape index (κ2) is 13.9. The number of allylic oxidation sites excluding steroid dienone is 1. The van der Waals surface area contributed by atoms with E-state index in [0.29, 0.717) is 66.0 Å². The maximum absolute atomic E-state index is 15.7. The first-order chi connectivity index (χ1) is 28.0. The molecule has 9 nitrogen and oxygen atoms in total. The Kier molecular flexibility index (Phi) is 9.86. The summed E-state index contributed by atoms with van der Waals surface area (Å²) in [6.45, 7) is 29.9. The highest BCUT2D eigenvalue weighted by molar-refractivity contribution is 5.85. The molecule has 0 radical (unpaired) electrons. The summed E-state index contributed by atoms with van der Waals surface area (Å²) in [6.07, 6.45) is 15.3. The number of piperidine rings is 1. The van der Waals surface area contributed by atoms with Crippen molar-refractivity contribution >= 4 is 17.8 Å². The summed E-state index contributed by atoms with van der Waals surface area (Å²) in [5.74, 6) is 3.28. The molecule has 2 aliphatic heterocycles. The zero-order chi connectivity index (χ0) is 43.3. The van der Waals surface area contributed by atoms with Crippen molar-refractivity contribution in [3.05, 3.63) is 23.8 Å². The van der Waals surface area contributed by atoms with Crippen molar-refractivity contribution in [3.8, 4) is 0 Å². The third-order valence-corrected chi connectivity index (χ3v) is 21.3. The Morgan fingerprint density at radius 1 is 0.750 bits per heavy atom. The van der Waals surface area contributed by atoms with Crippen LogP contribution in [0.4, 0.5) is 0 Å². The summed E-state index contributed by atoms with van der Waals surface area (Å²) in [6, 6.07) is 0.936. The van der Waals surface area contributed by atoms with Crippen LogP contribution in [0, 0.1) is 80.8 Å². The molecule has 14 atom stereocenters. The molecule has 2 unspecified atom stereocenters. The van der Waals surface area contributed by atoms with E-state index < -0.39 is 17.3 Å². The largest absolute Gasteiger partial charge is 0.481 e. The van der Waals surface area contributed by atoms with Crippen molar-refractivity contribution in [2.75, 3.05) is 0 Å². The number of nitrogens with zero attached hydrogens (tertiary/aromatic N) is 4. The van der Waals surface area contributed by atoms with Gasteiger partial charge in [-0.25, -0.2) is 0 Å².